The van der Waals surface area contributed by atoms with Crippen molar-refractivity contribution >= 4 is 28.7 Å². The summed E-state index contributed by atoms with van der Waals surface area (Å²) in [5, 5.41) is 4.15. The molecular formula is C28H30N4O2S. The van der Waals surface area contributed by atoms with E-state index in [2.05, 4.69) is 32.3 Å². The zero-order valence-corrected chi connectivity index (χ0v) is 20.7. The molecule has 1 saturated heterocycles. The molecule has 0 bridgehead atoms. The molecule has 1 fully saturated rings. The monoisotopic (exact) mass is 486 g/mol. The van der Waals surface area contributed by atoms with Gasteiger partial charge in [0, 0.05) is 37.0 Å². The first-order valence-electron chi connectivity index (χ1n) is 12.0. The van der Waals surface area contributed by atoms with Crippen molar-refractivity contribution in [1.29, 1.82) is 0 Å². The number of benzene rings is 3. The number of hydrogen-bond donors (Lipinski definition) is 2. The van der Waals surface area contributed by atoms with Crippen LogP contribution in [0.3, 0.4) is 0 Å². The number of carbonyl (C=O) groups is 1. The number of hydrogen-bond acceptors (Lipinski definition) is 5. The van der Waals surface area contributed by atoms with Crippen LogP contribution < -0.4 is 10.1 Å². The third-order valence-corrected chi connectivity index (χ3v) is 7.38. The number of H-pyrrole nitrogens is 1. The van der Waals surface area contributed by atoms with E-state index in [9.17, 15) is 4.79 Å². The number of piperidine rings is 1. The maximum atomic E-state index is 13.2. The van der Waals surface area contributed by atoms with Crippen LogP contribution in [0.2, 0.25) is 0 Å². The van der Waals surface area contributed by atoms with Gasteiger partial charge in [0.15, 0.2) is 5.16 Å². The molecule has 0 radical (unpaired) electrons. The van der Waals surface area contributed by atoms with Gasteiger partial charge in [-0.3, -0.25) is 9.69 Å². The van der Waals surface area contributed by atoms with Crippen molar-refractivity contribution in [3.05, 3.63) is 89.5 Å². The molecule has 2 heterocycles. The number of nitrogens with one attached hydrogen (secondary N) is 2. The van der Waals surface area contributed by atoms with E-state index in [1.54, 1.807) is 18.9 Å². The van der Waals surface area contributed by atoms with Crippen LogP contribution in [-0.2, 0) is 12.3 Å². The Kier molecular flexibility index (Phi) is 7.35. The lowest BCUT2D eigenvalue weighted by molar-refractivity contribution is 0.0908. The second kappa shape index (κ2) is 11.0. The number of rotatable bonds is 8. The number of methoxy groups -OCH3 is 1. The van der Waals surface area contributed by atoms with Crippen molar-refractivity contribution in [3.8, 4) is 5.75 Å². The molecule has 0 aliphatic carbocycles. The molecule has 5 rings (SSSR count). The van der Waals surface area contributed by atoms with Gasteiger partial charge in [0.2, 0.25) is 0 Å². The molecule has 1 aromatic heterocycles. The minimum atomic E-state index is 0.0112. The standard InChI is InChI=1S/C28H30N4O2S/c1-34-23-9-6-7-20(17-23)18-32-15-13-22(14-16-32)29-27(33)24-10-3-2-8-21(24)19-35-28-30-25-11-4-5-12-26(25)31-28/h2-12,17,22H,13-16,18-19H2,1H3,(H,29,33)(H,30,31). The van der Waals surface area contributed by atoms with E-state index in [4.69, 9.17) is 4.74 Å². The molecule has 6 nitrogen and oxygen atoms in total. The van der Waals surface area contributed by atoms with Crippen molar-refractivity contribution in [3.63, 3.8) is 0 Å². The van der Waals surface area contributed by atoms with E-state index in [0.717, 1.165) is 65.5 Å². The van der Waals surface area contributed by atoms with Gasteiger partial charge in [-0.25, -0.2) is 4.98 Å². The molecule has 4 aromatic rings. The summed E-state index contributed by atoms with van der Waals surface area (Å²) in [7, 11) is 1.70. The Bertz CT molecular complexity index is 1260. The van der Waals surface area contributed by atoms with Crippen LogP contribution in [0.4, 0.5) is 0 Å². The van der Waals surface area contributed by atoms with Crippen LogP contribution in [0.1, 0.15) is 34.3 Å². The molecule has 7 heteroatoms. The third-order valence-electron chi connectivity index (χ3n) is 6.46. The minimum absolute atomic E-state index is 0.0112. The Morgan fingerprint density at radius 3 is 2.71 bits per heavy atom. The van der Waals surface area contributed by atoms with E-state index in [1.807, 2.05) is 60.7 Å². The Labute approximate surface area is 210 Å². The summed E-state index contributed by atoms with van der Waals surface area (Å²) in [6, 6.07) is 24.3. The minimum Gasteiger partial charge on any atom is -0.497 e. The molecular weight excluding hydrogens is 456 g/mol. The average Bonchev–Trinajstić information content (AvgIpc) is 3.32. The molecule has 1 aliphatic rings. The van der Waals surface area contributed by atoms with Gasteiger partial charge in [-0.1, -0.05) is 54.2 Å². The number of nitrogens with zero attached hydrogens (tertiary/aromatic N) is 2. The smallest absolute Gasteiger partial charge is 0.251 e. The highest BCUT2D eigenvalue weighted by atomic mass is 32.2. The maximum Gasteiger partial charge on any atom is 0.251 e. The fraction of sp³-hybridized carbons (Fsp3) is 0.286. The maximum absolute atomic E-state index is 13.2. The summed E-state index contributed by atoms with van der Waals surface area (Å²) in [6.45, 7) is 2.83. The summed E-state index contributed by atoms with van der Waals surface area (Å²) in [4.78, 5) is 23.6. The fourth-order valence-electron chi connectivity index (χ4n) is 4.54. The van der Waals surface area contributed by atoms with E-state index < -0.39 is 0 Å². The number of aromatic amines is 1. The summed E-state index contributed by atoms with van der Waals surface area (Å²) in [6.07, 6.45) is 1.90. The van der Waals surface area contributed by atoms with Gasteiger partial charge in [0.1, 0.15) is 5.75 Å². The summed E-state index contributed by atoms with van der Waals surface area (Å²) in [5.74, 6) is 1.58. The molecule has 180 valence electrons. The van der Waals surface area contributed by atoms with E-state index in [-0.39, 0.29) is 11.9 Å². The van der Waals surface area contributed by atoms with Gasteiger partial charge in [-0.15, -0.1) is 0 Å². The second-order valence-corrected chi connectivity index (χ2v) is 9.84. The molecule has 35 heavy (non-hydrogen) atoms. The Balaban J connectivity index is 1.15. The van der Waals surface area contributed by atoms with Crippen molar-refractivity contribution in [2.45, 2.75) is 36.3 Å². The molecule has 0 atom stereocenters. The van der Waals surface area contributed by atoms with Gasteiger partial charge in [-0.05, 0) is 54.3 Å². The summed E-state index contributed by atoms with van der Waals surface area (Å²) < 4.78 is 5.34. The predicted octanol–water partition coefficient (Wildman–Crippen LogP) is 5.26. The fourth-order valence-corrected chi connectivity index (χ4v) is 5.43. The lowest BCUT2D eigenvalue weighted by Crippen LogP contribution is -2.44. The van der Waals surface area contributed by atoms with Gasteiger partial charge < -0.3 is 15.0 Å². The first-order chi connectivity index (χ1) is 17.2. The Morgan fingerprint density at radius 2 is 1.89 bits per heavy atom. The van der Waals surface area contributed by atoms with Crippen molar-refractivity contribution < 1.29 is 9.53 Å². The van der Waals surface area contributed by atoms with Gasteiger partial charge in [0.05, 0.1) is 18.1 Å². The third kappa shape index (κ3) is 5.86. The van der Waals surface area contributed by atoms with E-state index in [1.165, 1.54) is 5.56 Å². The predicted molar refractivity (Wildman–Crippen MR) is 141 cm³/mol. The van der Waals surface area contributed by atoms with E-state index in [0.29, 0.717) is 5.75 Å². The number of fused-ring (bicyclic) bond motifs is 1. The number of likely N-dealkylation sites (tertiary alicyclic amines) is 1. The highest BCUT2D eigenvalue weighted by molar-refractivity contribution is 7.98. The highest BCUT2D eigenvalue weighted by Crippen LogP contribution is 2.25. The van der Waals surface area contributed by atoms with Crippen LogP contribution in [0, 0.1) is 0 Å². The summed E-state index contributed by atoms with van der Waals surface area (Å²) in [5.41, 5.74) is 5.00. The van der Waals surface area contributed by atoms with Crippen molar-refractivity contribution in [2.75, 3.05) is 20.2 Å². The number of carbonyl (C=O) groups excluding carboxylic acids is 1. The molecule has 0 saturated carbocycles. The molecule has 0 spiro atoms. The molecule has 1 aliphatic heterocycles. The van der Waals surface area contributed by atoms with Crippen LogP contribution in [-0.4, -0.2) is 47.0 Å². The van der Waals surface area contributed by atoms with Crippen LogP contribution in [0.5, 0.6) is 5.75 Å². The normalized spacial score (nSPS) is 14.8. The lowest BCUT2D eigenvalue weighted by Gasteiger charge is -2.32. The number of thioether (sulfide) groups is 1. The number of ether oxygens (including phenoxy) is 1. The Morgan fingerprint density at radius 1 is 1.09 bits per heavy atom. The quantitative estimate of drug-likeness (QED) is 0.333. The topological polar surface area (TPSA) is 70.2 Å². The number of para-hydroxylation sites is 2. The highest BCUT2D eigenvalue weighted by Gasteiger charge is 2.22. The largest absolute Gasteiger partial charge is 0.497 e. The summed E-state index contributed by atoms with van der Waals surface area (Å²) >= 11 is 1.62. The molecule has 0 unspecified atom stereocenters. The molecule has 2 N–H and O–H groups in total. The van der Waals surface area contributed by atoms with Crippen molar-refractivity contribution in [2.24, 2.45) is 0 Å². The van der Waals surface area contributed by atoms with Crippen LogP contribution >= 0.6 is 11.8 Å². The molecule has 1 amide bonds. The van der Waals surface area contributed by atoms with Gasteiger partial charge >= 0.3 is 0 Å². The van der Waals surface area contributed by atoms with Gasteiger partial charge in [-0.2, -0.15) is 0 Å². The zero-order chi connectivity index (χ0) is 24.0. The molecule has 3 aromatic carbocycles. The first-order valence-corrected chi connectivity index (χ1v) is 13.0. The zero-order valence-electron chi connectivity index (χ0n) is 19.9. The van der Waals surface area contributed by atoms with Crippen LogP contribution in [0.25, 0.3) is 11.0 Å². The first kappa shape index (κ1) is 23.5. The van der Waals surface area contributed by atoms with Gasteiger partial charge in [0.25, 0.3) is 5.91 Å². The second-order valence-electron chi connectivity index (χ2n) is 8.88. The SMILES string of the molecule is COc1cccc(CN2CCC(NC(=O)c3ccccc3CSc3nc4ccccc4[nH]3)CC2)c1. The number of amides is 1. The van der Waals surface area contributed by atoms with Crippen molar-refractivity contribution in [1.82, 2.24) is 20.2 Å². The average molecular weight is 487 g/mol. The lowest BCUT2D eigenvalue weighted by atomic mass is 10.0. The van der Waals surface area contributed by atoms with Crippen LogP contribution in [0.15, 0.2) is 78.0 Å². The number of imidazole rings is 1. The van der Waals surface area contributed by atoms with E-state index >= 15 is 0 Å². The Hall–Kier alpha value is -3.29. The number of aromatic nitrogens is 2.